The summed E-state index contributed by atoms with van der Waals surface area (Å²) >= 11 is 0. The average Bonchev–Trinajstić information content (AvgIpc) is 3.13. The Labute approximate surface area is 176 Å². The van der Waals surface area contributed by atoms with Crippen LogP contribution in [0.15, 0.2) is 12.1 Å². The van der Waals surface area contributed by atoms with Crippen molar-refractivity contribution < 1.29 is 19.0 Å². The highest BCUT2D eigenvalue weighted by atomic mass is 35.5. The fourth-order valence-electron chi connectivity index (χ4n) is 3.44. The fraction of sp³-hybridized carbons (Fsp3) is 0.526. The molecule has 0 aliphatic carbocycles. The molecule has 1 aliphatic rings. The number of piperidine rings is 1. The average molecular weight is 426 g/mol. The number of methoxy groups -OCH3 is 3. The molecule has 1 aliphatic heterocycles. The van der Waals surface area contributed by atoms with E-state index in [1.807, 2.05) is 11.6 Å². The van der Waals surface area contributed by atoms with Crippen molar-refractivity contribution in [3.8, 4) is 17.2 Å². The van der Waals surface area contributed by atoms with Crippen LogP contribution in [0.1, 0.15) is 40.6 Å². The number of carbonyl (C=O) groups excluding carboxylic acids is 1. The summed E-state index contributed by atoms with van der Waals surface area (Å²) in [6.07, 6.45) is 1.96. The molecule has 0 radical (unpaired) electrons. The topological polar surface area (TPSA) is 99.5 Å². The number of amides is 1. The number of halogens is 1. The van der Waals surface area contributed by atoms with E-state index >= 15 is 0 Å². The molecule has 1 aromatic carbocycles. The lowest BCUT2D eigenvalue weighted by Gasteiger charge is -2.23. The smallest absolute Gasteiger partial charge is 0.274 e. The van der Waals surface area contributed by atoms with Gasteiger partial charge in [-0.25, -0.2) is 4.68 Å². The number of hydrogen-bond donors (Lipinski definition) is 2. The molecule has 0 saturated carbocycles. The molecular weight excluding hydrogens is 398 g/mol. The van der Waals surface area contributed by atoms with Crippen LogP contribution in [0, 0.1) is 6.92 Å². The molecule has 9 nitrogen and oxygen atoms in total. The van der Waals surface area contributed by atoms with Crippen LogP contribution < -0.4 is 24.8 Å². The first-order valence-electron chi connectivity index (χ1n) is 9.28. The van der Waals surface area contributed by atoms with E-state index in [0.717, 1.165) is 37.2 Å². The SMILES string of the molecule is COc1cc(OC)c(OC)cc1CNC(=O)c1nnn(C2CCNCC2)c1C.Cl. The molecule has 1 saturated heterocycles. The fourth-order valence-corrected chi connectivity index (χ4v) is 3.44. The second kappa shape index (κ2) is 10.3. The summed E-state index contributed by atoms with van der Waals surface area (Å²) in [5.41, 5.74) is 1.90. The first-order valence-corrected chi connectivity index (χ1v) is 9.28. The van der Waals surface area contributed by atoms with Gasteiger partial charge in [-0.15, -0.1) is 17.5 Å². The number of nitrogens with zero attached hydrogens (tertiary/aromatic N) is 3. The molecule has 2 aromatic rings. The third kappa shape index (κ3) is 4.91. The second-order valence-corrected chi connectivity index (χ2v) is 6.65. The van der Waals surface area contributed by atoms with Gasteiger partial charge in [-0.2, -0.15) is 0 Å². The van der Waals surface area contributed by atoms with Gasteiger partial charge in [0.15, 0.2) is 17.2 Å². The standard InChI is InChI=1S/C19H27N5O4.ClH/c1-12-18(22-23-24(12)14-5-7-20-8-6-14)19(25)21-11-13-9-16(27-3)17(28-4)10-15(13)26-2;/h9-10,14,20H,5-8,11H2,1-4H3,(H,21,25);1H. The zero-order valence-corrected chi connectivity index (χ0v) is 18.0. The van der Waals surface area contributed by atoms with Crippen LogP contribution in [0.4, 0.5) is 0 Å². The molecule has 160 valence electrons. The van der Waals surface area contributed by atoms with Crippen LogP contribution in [0.25, 0.3) is 0 Å². The third-order valence-corrected chi connectivity index (χ3v) is 5.02. The Balaban J connectivity index is 0.00000300. The van der Waals surface area contributed by atoms with E-state index in [0.29, 0.717) is 22.9 Å². The van der Waals surface area contributed by atoms with Gasteiger partial charge in [-0.3, -0.25) is 4.79 Å². The Kier molecular flexibility index (Phi) is 8.10. The summed E-state index contributed by atoms with van der Waals surface area (Å²) in [6, 6.07) is 3.80. The van der Waals surface area contributed by atoms with Gasteiger partial charge in [0.2, 0.25) is 0 Å². The quantitative estimate of drug-likeness (QED) is 0.698. The van der Waals surface area contributed by atoms with Gasteiger partial charge in [0.1, 0.15) is 5.75 Å². The number of nitrogens with one attached hydrogen (secondary N) is 2. The zero-order valence-electron chi connectivity index (χ0n) is 17.2. The lowest BCUT2D eigenvalue weighted by atomic mass is 10.1. The van der Waals surface area contributed by atoms with Crippen LogP contribution in [-0.2, 0) is 6.54 Å². The van der Waals surface area contributed by atoms with Crippen LogP contribution in [0.3, 0.4) is 0 Å². The number of ether oxygens (including phenoxy) is 3. The molecule has 29 heavy (non-hydrogen) atoms. The van der Waals surface area contributed by atoms with E-state index in [9.17, 15) is 4.79 Å². The van der Waals surface area contributed by atoms with Crippen LogP contribution in [-0.4, -0.2) is 55.3 Å². The third-order valence-electron chi connectivity index (χ3n) is 5.02. The van der Waals surface area contributed by atoms with Gasteiger partial charge in [-0.1, -0.05) is 5.21 Å². The molecular formula is C19H28ClN5O4. The van der Waals surface area contributed by atoms with Gasteiger partial charge < -0.3 is 24.8 Å². The number of aromatic nitrogens is 3. The van der Waals surface area contributed by atoms with E-state index < -0.39 is 0 Å². The summed E-state index contributed by atoms with van der Waals surface area (Å²) in [5.74, 6) is 1.47. The Bertz CT molecular complexity index is 836. The maximum absolute atomic E-state index is 12.7. The molecule has 1 fully saturated rings. The minimum absolute atomic E-state index is 0. The van der Waals surface area contributed by atoms with Gasteiger partial charge in [0.25, 0.3) is 5.91 Å². The number of carbonyl (C=O) groups is 1. The van der Waals surface area contributed by atoms with Crippen LogP contribution in [0.5, 0.6) is 17.2 Å². The molecule has 0 atom stereocenters. The lowest BCUT2D eigenvalue weighted by Crippen LogP contribution is -2.30. The van der Waals surface area contributed by atoms with Crippen molar-refractivity contribution in [3.63, 3.8) is 0 Å². The molecule has 2 N–H and O–H groups in total. The summed E-state index contributed by atoms with van der Waals surface area (Å²) in [7, 11) is 4.70. The van der Waals surface area contributed by atoms with E-state index in [4.69, 9.17) is 14.2 Å². The number of hydrogen-bond acceptors (Lipinski definition) is 7. The largest absolute Gasteiger partial charge is 0.496 e. The molecule has 0 unspecified atom stereocenters. The van der Waals surface area contributed by atoms with E-state index in [1.165, 1.54) is 0 Å². The van der Waals surface area contributed by atoms with Gasteiger partial charge in [0, 0.05) is 18.2 Å². The minimum Gasteiger partial charge on any atom is -0.496 e. The zero-order chi connectivity index (χ0) is 20.1. The molecule has 1 aromatic heterocycles. The number of rotatable bonds is 7. The first-order chi connectivity index (χ1) is 13.6. The molecule has 3 rings (SSSR count). The van der Waals surface area contributed by atoms with Crippen molar-refractivity contribution in [2.45, 2.75) is 32.4 Å². The molecule has 2 heterocycles. The highest BCUT2D eigenvalue weighted by molar-refractivity contribution is 5.93. The van der Waals surface area contributed by atoms with Crippen molar-refractivity contribution in [1.82, 2.24) is 25.6 Å². The molecule has 0 spiro atoms. The van der Waals surface area contributed by atoms with Crippen molar-refractivity contribution in [2.24, 2.45) is 0 Å². The maximum atomic E-state index is 12.7. The van der Waals surface area contributed by atoms with Gasteiger partial charge in [0.05, 0.1) is 33.1 Å². The van der Waals surface area contributed by atoms with E-state index in [2.05, 4.69) is 20.9 Å². The van der Waals surface area contributed by atoms with Crippen molar-refractivity contribution in [3.05, 3.63) is 29.1 Å². The predicted molar refractivity (Wildman–Crippen MR) is 110 cm³/mol. The normalized spacial score (nSPS) is 14.1. The van der Waals surface area contributed by atoms with E-state index in [1.54, 1.807) is 33.5 Å². The highest BCUT2D eigenvalue weighted by Crippen LogP contribution is 2.34. The molecule has 10 heteroatoms. The van der Waals surface area contributed by atoms with Crippen LogP contribution >= 0.6 is 12.4 Å². The first kappa shape index (κ1) is 22.8. The van der Waals surface area contributed by atoms with Crippen molar-refractivity contribution in [1.29, 1.82) is 0 Å². The van der Waals surface area contributed by atoms with Crippen molar-refractivity contribution in [2.75, 3.05) is 34.4 Å². The summed E-state index contributed by atoms with van der Waals surface area (Å²) in [6.45, 7) is 4.05. The highest BCUT2D eigenvalue weighted by Gasteiger charge is 2.23. The Morgan fingerprint density at radius 3 is 2.38 bits per heavy atom. The number of benzene rings is 1. The van der Waals surface area contributed by atoms with Gasteiger partial charge >= 0.3 is 0 Å². The van der Waals surface area contributed by atoms with Gasteiger partial charge in [-0.05, 0) is 38.9 Å². The summed E-state index contributed by atoms with van der Waals surface area (Å²) in [4.78, 5) is 12.7. The van der Waals surface area contributed by atoms with E-state index in [-0.39, 0.29) is 30.9 Å². The monoisotopic (exact) mass is 425 g/mol. The van der Waals surface area contributed by atoms with Crippen LogP contribution in [0.2, 0.25) is 0 Å². The Hall–Kier alpha value is -2.52. The second-order valence-electron chi connectivity index (χ2n) is 6.65. The summed E-state index contributed by atoms with van der Waals surface area (Å²) in [5, 5.41) is 14.5. The predicted octanol–water partition coefficient (Wildman–Crippen LogP) is 1.89. The minimum atomic E-state index is -0.269. The summed E-state index contributed by atoms with van der Waals surface area (Å²) < 4.78 is 17.9. The Morgan fingerprint density at radius 1 is 1.14 bits per heavy atom. The molecule has 1 amide bonds. The molecule has 0 bridgehead atoms. The Morgan fingerprint density at radius 2 is 1.76 bits per heavy atom. The lowest BCUT2D eigenvalue weighted by molar-refractivity contribution is 0.0945. The maximum Gasteiger partial charge on any atom is 0.274 e. The van der Waals surface area contributed by atoms with Crippen molar-refractivity contribution >= 4 is 18.3 Å².